The molecule has 0 aliphatic heterocycles. The summed E-state index contributed by atoms with van der Waals surface area (Å²) >= 11 is 5.90. The van der Waals surface area contributed by atoms with Gasteiger partial charge in [-0.25, -0.2) is 4.79 Å². The molecule has 0 aliphatic rings. The van der Waals surface area contributed by atoms with Crippen molar-refractivity contribution in [3.05, 3.63) is 64.7 Å². The van der Waals surface area contributed by atoms with Gasteiger partial charge in [0.2, 0.25) is 0 Å². The normalized spacial score (nSPS) is 10.6. The minimum atomic E-state index is -1.10. The fourth-order valence-corrected chi connectivity index (χ4v) is 2.16. The lowest BCUT2D eigenvalue weighted by molar-refractivity contribution is -0.139. The van der Waals surface area contributed by atoms with Crippen molar-refractivity contribution < 1.29 is 24.2 Å². The van der Waals surface area contributed by atoms with Crippen LogP contribution >= 0.6 is 11.6 Å². The summed E-state index contributed by atoms with van der Waals surface area (Å²) in [7, 11) is 1.42. The van der Waals surface area contributed by atoms with Crippen LogP contribution < -0.4 is 9.47 Å². The van der Waals surface area contributed by atoms with Crippen LogP contribution in [0.25, 0.3) is 6.08 Å². The molecule has 0 radical (unpaired) electrons. The number of carboxylic acids is 1. The van der Waals surface area contributed by atoms with Crippen LogP contribution in [0.1, 0.15) is 15.9 Å². The van der Waals surface area contributed by atoms with Gasteiger partial charge in [0.05, 0.1) is 7.11 Å². The Morgan fingerprint density at radius 1 is 1.17 bits per heavy atom. The maximum absolute atomic E-state index is 12.2. The van der Waals surface area contributed by atoms with E-state index in [9.17, 15) is 9.59 Å². The van der Waals surface area contributed by atoms with E-state index in [0.717, 1.165) is 5.56 Å². The first-order chi connectivity index (χ1) is 11.5. The molecule has 0 spiro atoms. The molecule has 0 saturated carbocycles. The molecule has 6 heteroatoms. The van der Waals surface area contributed by atoms with Crippen molar-refractivity contribution in [3.8, 4) is 11.5 Å². The van der Waals surface area contributed by atoms with E-state index >= 15 is 0 Å². The Balaban J connectivity index is 2.16. The maximum atomic E-state index is 12.2. The van der Waals surface area contributed by atoms with E-state index < -0.39 is 12.6 Å². The second-order valence-corrected chi connectivity index (χ2v) is 5.24. The summed E-state index contributed by atoms with van der Waals surface area (Å²) in [6.45, 7) is -0.488. The van der Waals surface area contributed by atoms with E-state index in [1.807, 2.05) is 6.07 Å². The zero-order valence-corrected chi connectivity index (χ0v) is 13.6. The SMILES string of the molecule is COc1cc(C(=O)/C=C/c2cccc(Cl)c2)ccc1OCC(=O)O. The number of methoxy groups -OCH3 is 1. The molecule has 0 bridgehead atoms. The highest BCUT2D eigenvalue weighted by molar-refractivity contribution is 6.30. The van der Waals surface area contributed by atoms with Crippen molar-refractivity contribution >= 4 is 29.4 Å². The number of allylic oxidation sites excluding steroid dienone is 1. The number of carboxylic acid groups (broad SMARTS) is 1. The molecule has 5 nitrogen and oxygen atoms in total. The molecule has 2 rings (SSSR count). The van der Waals surface area contributed by atoms with E-state index in [0.29, 0.717) is 16.3 Å². The summed E-state index contributed by atoms with van der Waals surface area (Å²) in [4.78, 5) is 22.8. The number of ketones is 1. The number of benzene rings is 2. The summed E-state index contributed by atoms with van der Waals surface area (Å²) in [5, 5.41) is 9.23. The molecule has 2 aromatic rings. The Labute approximate surface area is 144 Å². The summed E-state index contributed by atoms with van der Waals surface area (Å²) in [5.41, 5.74) is 1.21. The van der Waals surface area contributed by atoms with Gasteiger partial charge in [-0.1, -0.05) is 29.8 Å². The van der Waals surface area contributed by atoms with Gasteiger partial charge in [0.25, 0.3) is 0 Å². The second kappa shape index (κ2) is 8.17. The molecule has 0 atom stereocenters. The average Bonchev–Trinajstić information content (AvgIpc) is 2.57. The highest BCUT2D eigenvalue weighted by Crippen LogP contribution is 2.28. The summed E-state index contributed by atoms with van der Waals surface area (Å²) in [6.07, 6.45) is 3.09. The number of carbonyl (C=O) groups is 2. The molecule has 0 aromatic heterocycles. The van der Waals surface area contributed by atoms with Gasteiger partial charge < -0.3 is 14.6 Å². The third kappa shape index (κ3) is 4.86. The molecule has 124 valence electrons. The Hall–Kier alpha value is -2.79. The second-order valence-electron chi connectivity index (χ2n) is 4.80. The number of ether oxygens (including phenoxy) is 2. The molecular weight excluding hydrogens is 332 g/mol. The van der Waals surface area contributed by atoms with E-state index in [4.69, 9.17) is 26.2 Å². The third-order valence-corrected chi connectivity index (χ3v) is 3.31. The lowest BCUT2D eigenvalue weighted by atomic mass is 10.1. The minimum Gasteiger partial charge on any atom is -0.493 e. The van der Waals surface area contributed by atoms with E-state index in [1.54, 1.807) is 30.3 Å². The Morgan fingerprint density at radius 3 is 2.62 bits per heavy atom. The van der Waals surface area contributed by atoms with Crippen LogP contribution in [0.4, 0.5) is 0 Å². The van der Waals surface area contributed by atoms with E-state index in [1.165, 1.54) is 25.3 Å². The van der Waals surface area contributed by atoms with Crippen molar-refractivity contribution in [2.45, 2.75) is 0 Å². The molecule has 0 unspecified atom stereocenters. The number of hydrogen-bond acceptors (Lipinski definition) is 4. The van der Waals surface area contributed by atoms with Crippen LogP contribution in [-0.2, 0) is 4.79 Å². The van der Waals surface area contributed by atoms with Crippen LogP contribution in [0.15, 0.2) is 48.5 Å². The minimum absolute atomic E-state index is 0.224. The van der Waals surface area contributed by atoms with Crippen molar-refractivity contribution in [2.75, 3.05) is 13.7 Å². The molecule has 1 N–H and O–H groups in total. The third-order valence-electron chi connectivity index (χ3n) is 3.08. The number of hydrogen-bond donors (Lipinski definition) is 1. The largest absolute Gasteiger partial charge is 0.493 e. The predicted molar refractivity (Wildman–Crippen MR) is 90.9 cm³/mol. The lowest BCUT2D eigenvalue weighted by Gasteiger charge is -2.09. The first kappa shape index (κ1) is 17.6. The van der Waals surface area contributed by atoms with Gasteiger partial charge in [0, 0.05) is 10.6 Å². The number of carbonyl (C=O) groups excluding carboxylic acids is 1. The summed E-state index contributed by atoms with van der Waals surface area (Å²) < 4.78 is 10.2. The Kier molecular flexibility index (Phi) is 5.98. The van der Waals surface area contributed by atoms with Crippen molar-refractivity contribution in [2.24, 2.45) is 0 Å². The zero-order valence-electron chi connectivity index (χ0n) is 12.9. The van der Waals surface area contributed by atoms with Gasteiger partial charge >= 0.3 is 5.97 Å². The average molecular weight is 347 g/mol. The van der Waals surface area contributed by atoms with E-state index in [2.05, 4.69) is 0 Å². The number of halogens is 1. The number of rotatable bonds is 7. The molecule has 24 heavy (non-hydrogen) atoms. The molecule has 2 aromatic carbocycles. The van der Waals surface area contributed by atoms with Crippen LogP contribution in [0.5, 0.6) is 11.5 Å². The molecule has 0 fully saturated rings. The summed E-state index contributed by atoms with van der Waals surface area (Å²) in [6, 6.07) is 11.7. The fourth-order valence-electron chi connectivity index (χ4n) is 1.96. The molecule has 0 heterocycles. The van der Waals surface area contributed by atoms with E-state index in [-0.39, 0.29) is 11.5 Å². The maximum Gasteiger partial charge on any atom is 0.341 e. The number of aliphatic carboxylic acids is 1. The van der Waals surface area contributed by atoms with Crippen LogP contribution in [0, 0.1) is 0 Å². The van der Waals surface area contributed by atoms with Crippen molar-refractivity contribution in [1.29, 1.82) is 0 Å². The van der Waals surface area contributed by atoms with Gasteiger partial charge in [-0.15, -0.1) is 0 Å². The highest BCUT2D eigenvalue weighted by atomic mass is 35.5. The van der Waals surface area contributed by atoms with Crippen LogP contribution in [0.2, 0.25) is 5.02 Å². The zero-order chi connectivity index (χ0) is 17.5. The Bertz CT molecular complexity index is 783. The first-order valence-electron chi connectivity index (χ1n) is 7.00. The fraction of sp³-hybridized carbons (Fsp3) is 0.111. The lowest BCUT2D eigenvalue weighted by Crippen LogP contribution is -2.10. The molecule has 0 aliphatic carbocycles. The topological polar surface area (TPSA) is 72.8 Å². The molecular formula is C18H15ClO5. The predicted octanol–water partition coefficient (Wildman–Crippen LogP) is 3.71. The van der Waals surface area contributed by atoms with Gasteiger partial charge in [0.1, 0.15) is 0 Å². The molecule has 0 amide bonds. The van der Waals surface area contributed by atoms with Gasteiger partial charge in [-0.05, 0) is 42.0 Å². The van der Waals surface area contributed by atoms with Crippen molar-refractivity contribution in [3.63, 3.8) is 0 Å². The van der Waals surface area contributed by atoms with Gasteiger partial charge in [0.15, 0.2) is 23.9 Å². The molecule has 0 saturated heterocycles. The smallest absolute Gasteiger partial charge is 0.341 e. The van der Waals surface area contributed by atoms with Gasteiger partial charge in [-0.3, -0.25) is 4.79 Å². The van der Waals surface area contributed by atoms with Crippen LogP contribution in [0.3, 0.4) is 0 Å². The quantitative estimate of drug-likeness (QED) is 0.611. The van der Waals surface area contributed by atoms with Crippen molar-refractivity contribution in [1.82, 2.24) is 0 Å². The Morgan fingerprint density at radius 2 is 1.96 bits per heavy atom. The monoisotopic (exact) mass is 346 g/mol. The highest BCUT2D eigenvalue weighted by Gasteiger charge is 2.10. The van der Waals surface area contributed by atoms with Crippen LogP contribution in [-0.4, -0.2) is 30.6 Å². The summed E-state index contributed by atoms with van der Waals surface area (Å²) in [5.74, 6) is -0.770. The van der Waals surface area contributed by atoms with Gasteiger partial charge in [-0.2, -0.15) is 0 Å². The first-order valence-corrected chi connectivity index (χ1v) is 7.38. The standard InChI is InChI=1S/C18H15ClO5/c1-23-17-10-13(6-8-16(17)24-11-18(21)22)15(20)7-5-12-3-2-4-14(19)9-12/h2-10H,11H2,1H3,(H,21,22)/b7-5+.